The molecular formula is C49H47FN6O5S. The second-order valence-corrected chi connectivity index (χ2v) is 17.7. The summed E-state index contributed by atoms with van der Waals surface area (Å²) in [7, 11) is 0. The summed E-state index contributed by atoms with van der Waals surface area (Å²) in [4.78, 5) is 52.0. The van der Waals surface area contributed by atoms with E-state index in [0.29, 0.717) is 42.6 Å². The van der Waals surface area contributed by atoms with Crippen LogP contribution in [-0.4, -0.2) is 84.4 Å². The molecule has 6 aromatic rings. The average Bonchev–Trinajstić information content (AvgIpc) is 3.82. The highest BCUT2D eigenvalue weighted by atomic mass is 32.1. The van der Waals surface area contributed by atoms with Gasteiger partial charge in [0, 0.05) is 80.1 Å². The Morgan fingerprint density at radius 2 is 1.58 bits per heavy atom. The lowest BCUT2D eigenvalue weighted by Crippen LogP contribution is -2.52. The van der Waals surface area contributed by atoms with Gasteiger partial charge in [0.15, 0.2) is 5.75 Å². The summed E-state index contributed by atoms with van der Waals surface area (Å²) in [6.07, 6.45) is 4.61. The van der Waals surface area contributed by atoms with Crippen molar-refractivity contribution >= 4 is 50.6 Å². The van der Waals surface area contributed by atoms with Gasteiger partial charge < -0.3 is 24.2 Å². The summed E-state index contributed by atoms with van der Waals surface area (Å²) in [5.74, 6) is 2.59. The van der Waals surface area contributed by atoms with Crippen molar-refractivity contribution in [2.75, 3.05) is 55.6 Å². The van der Waals surface area contributed by atoms with Crippen LogP contribution in [0.5, 0.6) is 17.2 Å². The molecule has 1 unspecified atom stereocenters. The average molecular weight is 851 g/mol. The third kappa shape index (κ3) is 8.34. The Bertz CT molecular complexity index is 2610. The fraction of sp³-hybridized carbons (Fsp3) is 0.306. The summed E-state index contributed by atoms with van der Waals surface area (Å²) in [6, 6.07) is 32.1. The van der Waals surface area contributed by atoms with Gasteiger partial charge in [-0.2, -0.15) is 0 Å². The zero-order chi connectivity index (χ0) is 42.2. The third-order valence-corrected chi connectivity index (χ3v) is 13.8. The van der Waals surface area contributed by atoms with Gasteiger partial charge in [-0.1, -0.05) is 42.5 Å². The van der Waals surface area contributed by atoms with Gasteiger partial charge in [0.1, 0.15) is 35.8 Å². The standard InChI is InChI=1S/C49H47FN6O5S/c50-36-8-6-34(7-9-36)47-46(41-14-11-38(27-43(41)62-47)60-31-33-4-2-1-3-5-33)61-39-12-16-44(51-28-39)55-20-18-32(19-21-55)29-53-22-24-54(25-23-53)37-10-13-40-35(26-37)30-56(49(40)59)42-15-17-45(57)52-48(42)58/h1-14,16,26-28,32,42H,15,17-25,29-31H2,(H,52,57,58). The summed E-state index contributed by atoms with van der Waals surface area (Å²) in [6.45, 7) is 7.61. The maximum Gasteiger partial charge on any atom is 0.255 e. The van der Waals surface area contributed by atoms with E-state index in [9.17, 15) is 18.8 Å². The smallest absolute Gasteiger partial charge is 0.255 e. The Hall–Kier alpha value is -6.31. The Kier molecular flexibility index (Phi) is 11.1. The molecule has 10 rings (SSSR count). The summed E-state index contributed by atoms with van der Waals surface area (Å²) >= 11 is 1.59. The summed E-state index contributed by atoms with van der Waals surface area (Å²) in [5, 5.41) is 3.33. The number of aromatic nitrogens is 1. The van der Waals surface area contributed by atoms with Gasteiger partial charge in [0.05, 0.1) is 11.1 Å². The molecule has 0 radical (unpaired) electrons. The van der Waals surface area contributed by atoms with E-state index in [1.165, 1.54) is 12.1 Å². The molecule has 3 saturated heterocycles. The quantitative estimate of drug-likeness (QED) is 0.129. The number of imide groups is 1. The van der Waals surface area contributed by atoms with Crippen molar-refractivity contribution in [3.63, 3.8) is 0 Å². The van der Waals surface area contributed by atoms with Crippen LogP contribution in [0.25, 0.3) is 20.5 Å². The number of nitrogens with one attached hydrogen (secondary N) is 1. The van der Waals surface area contributed by atoms with Crippen LogP contribution in [0.3, 0.4) is 0 Å². The summed E-state index contributed by atoms with van der Waals surface area (Å²) < 4.78 is 27.7. The van der Waals surface area contributed by atoms with Crippen LogP contribution >= 0.6 is 11.3 Å². The molecule has 6 heterocycles. The summed E-state index contributed by atoms with van der Waals surface area (Å²) in [5.41, 5.74) is 4.67. The van der Waals surface area contributed by atoms with E-state index in [0.717, 1.165) is 108 Å². The van der Waals surface area contributed by atoms with Crippen LogP contribution in [0.1, 0.15) is 47.2 Å². The van der Waals surface area contributed by atoms with Gasteiger partial charge >= 0.3 is 0 Å². The number of fused-ring (bicyclic) bond motifs is 2. The van der Waals surface area contributed by atoms with Crippen molar-refractivity contribution in [1.29, 1.82) is 0 Å². The first-order valence-electron chi connectivity index (χ1n) is 21.4. The van der Waals surface area contributed by atoms with Gasteiger partial charge in [-0.15, -0.1) is 11.3 Å². The highest BCUT2D eigenvalue weighted by Crippen LogP contribution is 2.47. The zero-order valence-electron chi connectivity index (χ0n) is 34.3. The number of carbonyl (C=O) groups excluding carboxylic acids is 3. The number of rotatable bonds is 11. The molecule has 62 heavy (non-hydrogen) atoms. The van der Waals surface area contributed by atoms with Gasteiger partial charge in [0.2, 0.25) is 11.8 Å². The molecule has 316 valence electrons. The number of piperidine rings is 2. The van der Waals surface area contributed by atoms with Gasteiger partial charge in [-0.05, 0) is 103 Å². The van der Waals surface area contributed by atoms with E-state index < -0.39 is 6.04 Å². The Morgan fingerprint density at radius 1 is 0.790 bits per heavy atom. The van der Waals surface area contributed by atoms with Crippen molar-refractivity contribution in [3.05, 3.63) is 132 Å². The number of nitrogens with zero attached hydrogens (tertiary/aromatic N) is 5. The maximum absolute atomic E-state index is 13.9. The van der Waals surface area contributed by atoms with Crippen molar-refractivity contribution in [1.82, 2.24) is 20.1 Å². The molecule has 3 fully saturated rings. The molecule has 4 aliphatic heterocycles. The van der Waals surface area contributed by atoms with Crippen LogP contribution in [-0.2, 0) is 22.7 Å². The molecule has 0 aliphatic carbocycles. The van der Waals surface area contributed by atoms with Crippen LogP contribution in [0, 0.1) is 11.7 Å². The molecule has 1 atom stereocenters. The molecule has 0 saturated carbocycles. The maximum atomic E-state index is 13.9. The van der Waals surface area contributed by atoms with Crippen molar-refractivity contribution in [2.45, 2.75) is 44.9 Å². The number of halogens is 1. The number of anilines is 2. The Morgan fingerprint density at radius 3 is 2.34 bits per heavy atom. The number of benzene rings is 4. The second-order valence-electron chi connectivity index (χ2n) is 16.6. The number of hydrogen-bond donors (Lipinski definition) is 1. The van der Waals surface area contributed by atoms with Gasteiger partial charge in [-0.3, -0.25) is 24.6 Å². The van der Waals surface area contributed by atoms with E-state index >= 15 is 0 Å². The predicted octanol–water partition coefficient (Wildman–Crippen LogP) is 8.27. The molecule has 4 aromatic carbocycles. The minimum Gasteiger partial charge on any atom is -0.489 e. The number of pyridine rings is 1. The number of carbonyl (C=O) groups is 3. The van der Waals surface area contributed by atoms with Crippen LogP contribution in [0.4, 0.5) is 15.9 Å². The van der Waals surface area contributed by atoms with E-state index in [2.05, 4.69) is 26.1 Å². The highest BCUT2D eigenvalue weighted by Gasteiger charge is 2.39. The predicted molar refractivity (Wildman–Crippen MR) is 238 cm³/mol. The van der Waals surface area contributed by atoms with Gasteiger partial charge in [0.25, 0.3) is 5.91 Å². The lowest BCUT2D eigenvalue weighted by atomic mass is 9.96. The lowest BCUT2D eigenvalue weighted by molar-refractivity contribution is -0.136. The fourth-order valence-corrected chi connectivity index (χ4v) is 10.3. The molecule has 3 amide bonds. The molecular weight excluding hydrogens is 804 g/mol. The third-order valence-electron chi connectivity index (χ3n) is 12.6. The second kappa shape index (κ2) is 17.2. The van der Waals surface area contributed by atoms with Crippen molar-refractivity contribution in [3.8, 4) is 27.7 Å². The minimum absolute atomic E-state index is 0.139. The molecule has 0 bridgehead atoms. The molecule has 13 heteroatoms. The van der Waals surface area contributed by atoms with Crippen LogP contribution in [0.2, 0.25) is 0 Å². The zero-order valence-corrected chi connectivity index (χ0v) is 35.1. The topological polar surface area (TPSA) is 108 Å². The highest BCUT2D eigenvalue weighted by molar-refractivity contribution is 7.22. The van der Waals surface area contributed by atoms with Crippen LogP contribution < -0.4 is 24.6 Å². The molecule has 2 aromatic heterocycles. The van der Waals surface area contributed by atoms with Gasteiger partial charge in [-0.25, -0.2) is 9.37 Å². The van der Waals surface area contributed by atoms with Crippen molar-refractivity contribution < 1.29 is 28.2 Å². The van der Waals surface area contributed by atoms with E-state index in [1.54, 1.807) is 34.6 Å². The monoisotopic (exact) mass is 850 g/mol. The first-order valence-corrected chi connectivity index (χ1v) is 22.3. The molecule has 4 aliphatic rings. The number of ether oxygens (including phenoxy) is 2. The number of amides is 3. The van der Waals surface area contributed by atoms with E-state index in [-0.39, 0.29) is 30.0 Å². The molecule has 11 nitrogen and oxygen atoms in total. The first kappa shape index (κ1) is 39.8. The molecule has 1 N–H and O–H groups in total. The number of hydrogen-bond acceptors (Lipinski definition) is 10. The number of piperazine rings is 1. The molecule has 0 spiro atoms. The Labute approximate surface area is 363 Å². The SMILES string of the molecule is O=C1CCC(N2Cc3cc(N4CCN(CC5CCN(c6ccc(Oc7c(-c8ccc(F)cc8)sc8cc(OCc9ccccc9)ccc78)cn6)CC5)CC4)ccc3C2=O)C(=O)N1. The first-order chi connectivity index (χ1) is 30.3. The van der Waals surface area contributed by atoms with Crippen LogP contribution in [0.15, 0.2) is 109 Å². The van der Waals surface area contributed by atoms with E-state index in [4.69, 9.17) is 14.5 Å². The lowest BCUT2D eigenvalue weighted by Gasteiger charge is -2.40. The van der Waals surface area contributed by atoms with E-state index in [1.807, 2.05) is 72.8 Å². The normalized spacial score (nSPS) is 18.6. The number of thiophene rings is 1. The minimum atomic E-state index is -0.604. The Balaban J connectivity index is 0.728. The largest absolute Gasteiger partial charge is 0.489 e. The van der Waals surface area contributed by atoms with Crippen molar-refractivity contribution in [2.24, 2.45) is 5.92 Å². The fourth-order valence-electron chi connectivity index (χ4n) is 9.17.